The highest BCUT2D eigenvalue weighted by molar-refractivity contribution is 7.89. The summed E-state index contributed by atoms with van der Waals surface area (Å²) in [6.45, 7) is 4.85. The number of hydrogen-bond acceptors (Lipinski definition) is 3. The summed E-state index contributed by atoms with van der Waals surface area (Å²) in [6.07, 6.45) is 4.63. The molecule has 0 radical (unpaired) electrons. The van der Waals surface area contributed by atoms with Gasteiger partial charge in [0.25, 0.3) is 0 Å². The molecule has 1 fully saturated rings. The molecule has 0 spiro atoms. The molecule has 1 heterocycles. The number of hydrogen-bond donors (Lipinski definition) is 1. The first kappa shape index (κ1) is 13.9. The SMILES string of the molecule is CCC1CCCCN1S(=O)(=O)C(CC)CN. The number of nitrogens with two attached hydrogens (primary N) is 1. The molecule has 4 nitrogen and oxygen atoms in total. The Morgan fingerprint density at radius 2 is 2.06 bits per heavy atom. The maximum atomic E-state index is 12.4. The lowest BCUT2D eigenvalue weighted by molar-refractivity contribution is 0.244. The molecule has 5 heteroatoms. The smallest absolute Gasteiger partial charge is 0.218 e. The molecule has 2 atom stereocenters. The van der Waals surface area contributed by atoms with E-state index in [4.69, 9.17) is 5.73 Å². The van der Waals surface area contributed by atoms with Crippen molar-refractivity contribution in [3.63, 3.8) is 0 Å². The zero-order valence-electron chi connectivity index (χ0n) is 10.4. The molecule has 1 rings (SSSR count). The molecule has 0 aromatic rings. The number of rotatable bonds is 5. The molecule has 0 aromatic carbocycles. The summed E-state index contributed by atoms with van der Waals surface area (Å²) >= 11 is 0. The Kier molecular flexibility index (Phi) is 5.21. The van der Waals surface area contributed by atoms with Crippen LogP contribution >= 0.6 is 0 Å². The average molecular weight is 248 g/mol. The van der Waals surface area contributed by atoms with E-state index in [0.29, 0.717) is 13.0 Å². The van der Waals surface area contributed by atoms with Crippen LogP contribution in [0.1, 0.15) is 46.0 Å². The Morgan fingerprint density at radius 3 is 2.56 bits per heavy atom. The minimum atomic E-state index is -3.18. The molecule has 0 aliphatic carbocycles. The van der Waals surface area contributed by atoms with Gasteiger partial charge < -0.3 is 5.73 Å². The molecule has 0 amide bonds. The van der Waals surface area contributed by atoms with Crippen LogP contribution in [0.3, 0.4) is 0 Å². The van der Waals surface area contributed by atoms with E-state index in [1.165, 1.54) is 0 Å². The van der Waals surface area contributed by atoms with Gasteiger partial charge in [-0.05, 0) is 25.7 Å². The second kappa shape index (κ2) is 5.98. The van der Waals surface area contributed by atoms with Crippen LogP contribution < -0.4 is 5.73 Å². The van der Waals surface area contributed by atoms with Gasteiger partial charge in [0.15, 0.2) is 0 Å². The van der Waals surface area contributed by atoms with Gasteiger partial charge in [0.2, 0.25) is 10.0 Å². The zero-order valence-corrected chi connectivity index (χ0v) is 11.2. The minimum absolute atomic E-state index is 0.194. The molecule has 2 unspecified atom stereocenters. The summed E-state index contributed by atoms with van der Waals surface area (Å²) < 4.78 is 26.4. The van der Waals surface area contributed by atoms with Gasteiger partial charge in [0, 0.05) is 19.1 Å². The molecule has 16 heavy (non-hydrogen) atoms. The highest BCUT2D eigenvalue weighted by atomic mass is 32.2. The fourth-order valence-electron chi connectivity index (χ4n) is 2.41. The van der Waals surface area contributed by atoms with Gasteiger partial charge in [-0.1, -0.05) is 20.3 Å². The highest BCUT2D eigenvalue weighted by Gasteiger charge is 2.35. The minimum Gasteiger partial charge on any atom is -0.329 e. The summed E-state index contributed by atoms with van der Waals surface area (Å²) in [5, 5.41) is -0.403. The van der Waals surface area contributed by atoms with Crippen LogP contribution in [-0.4, -0.2) is 37.1 Å². The molecule has 2 N–H and O–H groups in total. The fourth-order valence-corrected chi connectivity index (χ4v) is 4.51. The van der Waals surface area contributed by atoms with Crippen LogP contribution in [0.4, 0.5) is 0 Å². The van der Waals surface area contributed by atoms with E-state index >= 15 is 0 Å². The standard InChI is InChI=1S/C11H24N2O2S/c1-3-10-7-5-6-8-13(10)16(14,15)11(4-2)9-12/h10-11H,3-9,12H2,1-2H3. The van der Waals surface area contributed by atoms with Gasteiger partial charge in [-0.15, -0.1) is 0 Å². The van der Waals surface area contributed by atoms with Gasteiger partial charge in [0.1, 0.15) is 0 Å². The van der Waals surface area contributed by atoms with Gasteiger partial charge in [-0.25, -0.2) is 8.42 Å². The summed E-state index contributed by atoms with van der Waals surface area (Å²) in [4.78, 5) is 0. The van der Waals surface area contributed by atoms with Crippen molar-refractivity contribution < 1.29 is 8.42 Å². The van der Waals surface area contributed by atoms with Crippen molar-refractivity contribution >= 4 is 10.0 Å². The van der Waals surface area contributed by atoms with Gasteiger partial charge >= 0.3 is 0 Å². The van der Waals surface area contributed by atoms with E-state index in [1.54, 1.807) is 4.31 Å². The van der Waals surface area contributed by atoms with E-state index in [-0.39, 0.29) is 12.6 Å². The first-order chi connectivity index (χ1) is 7.57. The molecular formula is C11H24N2O2S. The van der Waals surface area contributed by atoms with Crippen molar-refractivity contribution in [2.45, 2.75) is 57.2 Å². The predicted octanol–water partition coefficient (Wildman–Crippen LogP) is 1.32. The second-order valence-electron chi connectivity index (χ2n) is 4.48. The predicted molar refractivity (Wildman–Crippen MR) is 66.7 cm³/mol. The van der Waals surface area contributed by atoms with E-state index < -0.39 is 15.3 Å². The van der Waals surface area contributed by atoms with Gasteiger partial charge in [0.05, 0.1) is 5.25 Å². The van der Waals surface area contributed by atoms with Crippen molar-refractivity contribution in [3.05, 3.63) is 0 Å². The van der Waals surface area contributed by atoms with Crippen molar-refractivity contribution in [1.29, 1.82) is 0 Å². The van der Waals surface area contributed by atoms with Gasteiger partial charge in [-0.3, -0.25) is 0 Å². The molecule has 0 aromatic heterocycles. The molecule has 1 saturated heterocycles. The molecule has 96 valence electrons. The molecule has 1 aliphatic rings. The van der Waals surface area contributed by atoms with E-state index in [1.807, 2.05) is 6.92 Å². The lowest BCUT2D eigenvalue weighted by Gasteiger charge is -2.36. The third-order valence-electron chi connectivity index (χ3n) is 3.51. The largest absolute Gasteiger partial charge is 0.329 e. The van der Waals surface area contributed by atoms with Crippen LogP contribution in [0.15, 0.2) is 0 Å². The maximum Gasteiger partial charge on any atom is 0.218 e. The van der Waals surface area contributed by atoms with Gasteiger partial charge in [-0.2, -0.15) is 4.31 Å². The van der Waals surface area contributed by atoms with E-state index in [9.17, 15) is 8.42 Å². The fraction of sp³-hybridized carbons (Fsp3) is 1.00. The van der Waals surface area contributed by atoms with Crippen LogP contribution in [0.25, 0.3) is 0 Å². The van der Waals surface area contributed by atoms with Crippen LogP contribution in [0.2, 0.25) is 0 Å². The lowest BCUT2D eigenvalue weighted by atomic mass is 10.0. The Labute approximate surface area is 99.2 Å². The highest BCUT2D eigenvalue weighted by Crippen LogP contribution is 2.25. The van der Waals surface area contributed by atoms with Crippen molar-refractivity contribution in [2.24, 2.45) is 5.73 Å². The van der Waals surface area contributed by atoms with Crippen molar-refractivity contribution in [3.8, 4) is 0 Å². The van der Waals surface area contributed by atoms with Crippen LogP contribution in [-0.2, 0) is 10.0 Å². The lowest BCUT2D eigenvalue weighted by Crippen LogP contribution is -2.49. The van der Waals surface area contributed by atoms with Crippen LogP contribution in [0, 0.1) is 0 Å². The summed E-state index contributed by atoms with van der Waals surface area (Å²) in [5.41, 5.74) is 5.56. The second-order valence-corrected chi connectivity index (χ2v) is 6.65. The number of piperidine rings is 1. The topological polar surface area (TPSA) is 63.4 Å². The first-order valence-corrected chi connectivity index (χ1v) is 7.78. The van der Waals surface area contributed by atoms with Crippen molar-refractivity contribution in [1.82, 2.24) is 4.31 Å². The number of sulfonamides is 1. The molecular weight excluding hydrogens is 224 g/mol. The average Bonchev–Trinajstić information content (AvgIpc) is 2.30. The third kappa shape index (κ3) is 2.76. The molecule has 0 saturated carbocycles. The summed E-state index contributed by atoms with van der Waals surface area (Å²) in [7, 11) is -3.18. The normalized spacial score (nSPS) is 25.6. The molecule has 1 aliphatic heterocycles. The monoisotopic (exact) mass is 248 g/mol. The van der Waals surface area contributed by atoms with Crippen LogP contribution in [0.5, 0.6) is 0 Å². The Hall–Kier alpha value is -0.130. The quantitative estimate of drug-likeness (QED) is 0.798. The Morgan fingerprint density at radius 1 is 1.38 bits per heavy atom. The van der Waals surface area contributed by atoms with E-state index in [0.717, 1.165) is 25.7 Å². The Balaban J connectivity index is 2.87. The summed E-state index contributed by atoms with van der Waals surface area (Å²) in [5.74, 6) is 0. The number of nitrogens with zero attached hydrogens (tertiary/aromatic N) is 1. The first-order valence-electron chi connectivity index (χ1n) is 6.28. The zero-order chi connectivity index (χ0) is 12.2. The summed E-state index contributed by atoms with van der Waals surface area (Å²) in [6, 6.07) is 0.194. The Bertz CT molecular complexity index is 299. The molecule has 0 bridgehead atoms. The van der Waals surface area contributed by atoms with Crippen molar-refractivity contribution in [2.75, 3.05) is 13.1 Å². The third-order valence-corrected chi connectivity index (χ3v) is 6.01. The maximum absolute atomic E-state index is 12.4. The van der Waals surface area contributed by atoms with E-state index in [2.05, 4.69) is 6.92 Å².